The molecule has 0 bridgehead atoms. The normalized spacial score (nSPS) is 13.9. The van der Waals surface area contributed by atoms with Crippen molar-refractivity contribution in [1.82, 2.24) is 9.57 Å². The first-order valence-electron chi connectivity index (χ1n) is 13.1. The van der Waals surface area contributed by atoms with Crippen LogP contribution in [0.5, 0.6) is 0 Å². The standard InChI is InChI=1S/C12H24O.C9H19N2OP.C5H11N/c1-2-3-4-5-6-7-8-9-10-11-12-13;1-8(2)11(9(3)4)13-12-7-5-6-10;1-6-4-2-3-5-6/h12H,2-11H2,1H3;8-9,13H,5,7H2,1-4H3;2-5H2,1H3. The molecular formula is C26H54N3O2P. The highest BCUT2D eigenvalue weighted by molar-refractivity contribution is 7.29. The molecule has 0 amide bonds. The third kappa shape index (κ3) is 25.7. The molecule has 32 heavy (non-hydrogen) atoms. The Balaban J connectivity index is 0. The predicted molar refractivity (Wildman–Crippen MR) is 141 cm³/mol. The van der Waals surface area contributed by atoms with Gasteiger partial charge in [0, 0.05) is 18.5 Å². The van der Waals surface area contributed by atoms with Crippen LogP contribution in [0.25, 0.3) is 0 Å². The molecule has 190 valence electrons. The Bertz CT molecular complexity index is 414. The molecule has 1 rings (SSSR count). The van der Waals surface area contributed by atoms with E-state index >= 15 is 0 Å². The second-order valence-electron chi connectivity index (χ2n) is 9.24. The largest absolute Gasteiger partial charge is 0.345 e. The molecule has 1 fully saturated rings. The molecule has 5 nitrogen and oxygen atoms in total. The number of likely N-dealkylation sites (tertiary alicyclic amines) is 1. The first-order chi connectivity index (χ1) is 15.4. The summed E-state index contributed by atoms with van der Waals surface area (Å²) in [5.41, 5.74) is 0. The number of hydrogen-bond acceptors (Lipinski definition) is 5. The molecule has 0 saturated carbocycles. The highest BCUT2D eigenvalue weighted by atomic mass is 31.1. The van der Waals surface area contributed by atoms with Gasteiger partial charge in [0.2, 0.25) is 0 Å². The predicted octanol–water partition coefficient (Wildman–Crippen LogP) is 7.36. The first-order valence-corrected chi connectivity index (χ1v) is 13.9. The summed E-state index contributed by atoms with van der Waals surface area (Å²) in [6.45, 7) is 14.0. The smallest absolute Gasteiger partial charge is 0.119 e. The van der Waals surface area contributed by atoms with E-state index in [2.05, 4.69) is 57.3 Å². The van der Waals surface area contributed by atoms with E-state index in [0.29, 0.717) is 34.1 Å². The summed E-state index contributed by atoms with van der Waals surface area (Å²) >= 11 is 0. The minimum Gasteiger partial charge on any atom is -0.345 e. The Kier molecular flexibility index (Phi) is 28.1. The summed E-state index contributed by atoms with van der Waals surface area (Å²) in [5, 5.41) is 8.31. The van der Waals surface area contributed by atoms with Gasteiger partial charge in [-0.1, -0.05) is 58.3 Å². The summed E-state index contributed by atoms with van der Waals surface area (Å²) in [6, 6.07) is 3.06. The van der Waals surface area contributed by atoms with Crippen LogP contribution < -0.4 is 0 Å². The molecule has 0 spiro atoms. The molecule has 1 unspecified atom stereocenters. The van der Waals surface area contributed by atoms with E-state index in [9.17, 15) is 4.79 Å². The molecule has 6 heteroatoms. The van der Waals surface area contributed by atoms with Crippen molar-refractivity contribution in [3.05, 3.63) is 0 Å². The molecule has 1 aliphatic heterocycles. The average molecular weight is 472 g/mol. The van der Waals surface area contributed by atoms with Gasteiger partial charge < -0.3 is 14.2 Å². The molecular weight excluding hydrogens is 417 g/mol. The molecule has 0 aromatic carbocycles. The summed E-state index contributed by atoms with van der Waals surface area (Å²) in [7, 11) is 2.55. The first kappa shape index (κ1) is 33.6. The molecule has 1 saturated heterocycles. The van der Waals surface area contributed by atoms with Gasteiger partial charge in [-0.15, -0.1) is 0 Å². The zero-order valence-electron chi connectivity index (χ0n) is 22.2. The van der Waals surface area contributed by atoms with Gasteiger partial charge in [-0.3, -0.25) is 4.67 Å². The second-order valence-corrected chi connectivity index (χ2v) is 10.2. The van der Waals surface area contributed by atoms with E-state index in [4.69, 9.17) is 9.79 Å². The lowest BCUT2D eigenvalue weighted by atomic mass is 10.1. The Labute approximate surface area is 202 Å². The lowest BCUT2D eigenvalue weighted by Gasteiger charge is -2.29. The van der Waals surface area contributed by atoms with Crippen molar-refractivity contribution in [2.24, 2.45) is 0 Å². The maximum Gasteiger partial charge on any atom is 0.119 e. The Morgan fingerprint density at radius 1 is 0.969 bits per heavy atom. The molecule has 1 heterocycles. The maximum atomic E-state index is 10.0. The van der Waals surface area contributed by atoms with Crippen LogP contribution in [0.3, 0.4) is 0 Å². The van der Waals surface area contributed by atoms with Crippen LogP contribution in [0.2, 0.25) is 0 Å². The number of nitrogens with zero attached hydrogens (tertiary/aromatic N) is 3. The number of aldehydes is 1. The van der Waals surface area contributed by atoms with Crippen LogP contribution in [-0.4, -0.2) is 54.7 Å². The van der Waals surface area contributed by atoms with Crippen LogP contribution in [0.1, 0.15) is 118 Å². The molecule has 0 radical (unpaired) electrons. The topological polar surface area (TPSA) is 56.6 Å². The van der Waals surface area contributed by atoms with E-state index < -0.39 is 0 Å². The van der Waals surface area contributed by atoms with Gasteiger partial charge in [-0.2, -0.15) is 5.26 Å². The van der Waals surface area contributed by atoms with E-state index in [1.807, 2.05) is 0 Å². The summed E-state index contributed by atoms with van der Waals surface area (Å²) in [6.07, 6.45) is 17.0. The lowest BCUT2D eigenvalue weighted by Crippen LogP contribution is -2.29. The van der Waals surface area contributed by atoms with Gasteiger partial charge >= 0.3 is 0 Å². The highest BCUT2D eigenvalue weighted by Crippen LogP contribution is 2.25. The minimum atomic E-state index is 0.376. The third-order valence-electron chi connectivity index (χ3n) is 5.35. The lowest BCUT2D eigenvalue weighted by molar-refractivity contribution is -0.107. The van der Waals surface area contributed by atoms with Crippen molar-refractivity contribution < 1.29 is 9.32 Å². The highest BCUT2D eigenvalue weighted by Gasteiger charge is 2.12. The molecule has 1 atom stereocenters. The van der Waals surface area contributed by atoms with Crippen molar-refractivity contribution in [2.45, 2.75) is 130 Å². The van der Waals surface area contributed by atoms with Crippen LogP contribution in [0, 0.1) is 11.3 Å². The molecule has 0 aliphatic carbocycles. The Morgan fingerprint density at radius 2 is 1.47 bits per heavy atom. The third-order valence-corrected chi connectivity index (χ3v) is 6.93. The van der Waals surface area contributed by atoms with Crippen molar-refractivity contribution in [1.29, 1.82) is 5.26 Å². The van der Waals surface area contributed by atoms with E-state index in [1.54, 1.807) is 0 Å². The minimum absolute atomic E-state index is 0.376. The maximum absolute atomic E-state index is 10.0. The van der Waals surface area contributed by atoms with Crippen molar-refractivity contribution >= 4 is 15.2 Å². The van der Waals surface area contributed by atoms with Crippen molar-refractivity contribution in [2.75, 3.05) is 26.7 Å². The van der Waals surface area contributed by atoms with Crippen LogP contribution in [0.4, 0.5) is 0 Å². The monoisotopic (exact) mass is 471 g/mol. The summed E-state index contributed by atoms with van der Waals surface area (Å²) in [5.74, 6) is 0. The molecule has 0 aromatic heterocycles. The zero-order valence-corrected chi connectivity index (χ0v) is 23.2. The SMILES string of the molecule is CC(C)N(POCCC#N)C(C)C.CCCCCCCCCCCC=O.CN1CCCC1. The fourth-order valence-corrected chi connectivity index (χ4v) is 4.20. The van der Waals surface area contributed by atoms with Gasteiger partial charge in [0.05, 0.1) is 28.1 Å². The molecule has 0 aromatic rings. The fraction of sp³-hybridized carbons (Fsp3) is 0.923. The summed E-state index contributed by atoms with van der Waals surface area (Å²) in [4.78, 5) is 12.4. The second kappa shape index (κ2) is 26.7. The van der Waals surface area contributed by atoms with Gasteiger partial charge in [-0.25, -0.2) is 0 Å². The van der Waals surface area contributed by atoms with E-state index in [1.165, 1.54) is 77.3 Å². The number of hydrogen-bond donors (Lipinski definition) is 0. The van der Waals surface area contributed by atoms with E-state index in [-0.39, 0.29) is 0 Å². The Morgan fingerprint density at radius 3 is 1.84 bits per heavy atom. The van der Waals surface area contributed by atoms with Crippen LogP contribution in [-0.2, 0) is 9.32 Å². The fourth-order valence-electron chi connectivity index (χ4n) is 3.44. The number of nitriles is 1. The van der Waals surface area contributed by atoms with Crippen molar-refractivity contribution in [3.8, 4) is 6.07 Å². The van der Waals surface area contributed by atoms with Gasteiger partial charge in [-0.05, 0) is 67.1 Å². The van der Waals surface area contributed by atoms with Crippen LogP contribution in [0.15, 0.2) is 0 Å². The Hall–Kier alpha value is -0.530. The molecule has 1 aliphatic rings. The average Bonchev–Trinajstić information content (AvgIpc) is 3.24. The zero-order chi connectivity index (χ0) is 24.5. The number of rotatable bonds is 16. The quantitative estimate of drug-likeness (QED) is 0.134. The van der Waals surface area contributed by atoms with Crippen LogP contribution >= 0.6 is 8.96 Å². The summed E-state index contributed by atoms with van der Waals surface area (Å²) < 4.78 is 7.67. The van der Waals surface area contributed by atoms with Gasteiger partial charge in [0.15, 0.2) is 0 Å². The van der Waals surface area contributed by atoms with Gasteiger partial charge in [0.25, 0.3) is 0 Å². The van der Waals surface area contributed by atoms with Crippen molar-refractivity contribution in [3.63, 3.8) is 0 Å². The van der Waals surface area contributed by atoms with Gasteiger partial charge in [0.1, 0.15) is 6.29 Å². The number of carbonyl (C=O) groups is 1. The number of carbonyl (C=O) groups excluding carboxylic acids is 1. The van der Waals surface area contributed by atoms with E-state index in [0.717, 1.165) is 19.1 Å². The molecule has 0 N–H and O–H groups in total. The number of unbranched alkanes of at least 4 members (excludes halogenated alkanes) is 9.